The summed E-state index contributed by atoms with van der Waals surface area (Å²) in [6.45, 7) is 3.06. The number of hydrazine groups is 1. The summed E-state index contributed by atoms with van der Waals surface area (Å²) in [6, 6.07) is 7.56. The number of hydrogen-bond acceptors (Lipinski definition) is 5. The van der Waals surface area contributed by atoms with E-state index in [0.717, 1.165) is 30.6 Å². The number of esters is 1. The number of hydrogen-bond donors (Lipinski definition) is 0. The van der Waals surface area contributed by atoms with Crippen molar-refractivity contribution in [2.24, 2.45) is 0 Å². The van der Waals surface area contributed by atoms with Crippen LogP contribution in [0.25, 0.3) is 0 Å². The minimum absolute atomic E-state index is 0.0327. The first-order valence-corrected chi connectivity index (χ1v) is 9.44. The van der Waals surface area contributed by atoms with Crippen LogP contribution in [0.5, 0.6) is 5.75 Å². The van der Waals surface area contributed by atoms with Gasteiger partial charge in [0.15, 0.2) is 0 Å². The lowest BCUT2D eigenvalue weighted by Gasteiger charge is -2.31. The molecule has 0 aromatic heterocycles. The largest absolute Gasteiger partial charge is 0.497 e. The van der Waals surface area contributed by atoms with E-state index in [2.05, 4.69) is 0 Å². The summed E-state index contributed by atoms with van der Waals surface area (Å²) >= 11 is 0. The van der Waals surface area contributed by atoms with Gasteiger partial charge in [0, 0.05) is 19.5 Å². The standard InChI is InChI=1S/C20H26N2O5/c1-3-27-18(24)10-9-17(23)21-13-4-14-22(21)19(25)20(11-12-20)15-5-7-16(26-2)8-6-15/h5-8H,3-4,9-14H2,1-2H3. The predicted molar refractivity (Wildman–Crippen MR) is 97.8 cm³/mol. The number of ether oxygens (including phenoxy) is 2. The van der Waals surface area contributed by atoms with Crippen LogP contribution >= 0.6 is 0 Å². The fourth-order valence-corrected chi connectivity index (χ4v) is 3.56. The molecule has 1 aliphatic heterocycles. The fourth-order valence-electron chi connectivity index (χ4n) is 3.56. The molecule has 27 heavy (non-hydrogen) atoms. The van der Waals surface area contributed by atoms with Gasteiger partial charge in [-0.25, -0.2) is 0 Å². The molecule has 146 valence electrons. The Labute approximate surface area is 159 Å². The lowest BCUT2D eigenvalue weighted by molar-refractivity contribution is -0.160. The second-order valence-corrected chi connectivity index (χ2v) is 6.91. The molecule has 0 spiro atoms. The van der Waals surface area contributed by atoms with Crippen molar-refractivity contribution in [3.05, 3.63) is 29.8 Å². The van der Waals surface area contributed by atoms with Crippen molar-refractivity contribution in [3.63, 3.8) is 0 Å². The first-order valence-electron chi connectivity index (χ1n) is 9.44. The smallest absolute Gasteiger partial charge is 0.306 e. The van der Waals surface area contributed by atoms with Crippen LogP contribution in [0.1, 0.15) is 44.6 Å². The van der Waals surface area contributed by atoms with Gasteiger partial charge in [-0.1, -0.05) is 12.1 Å². The minimum Gasteiger partial charge on any atom is -0.497 e. The Morgan fingerprint density at radius 1 is 1.04 bits per heavy atom. The van der Waals surface area contributed by atoms with Crippen LogP contribution in [-0.2, 0) is 24.5 Å². The van der Waals surface area contributed by atoms with Crippen LogP contribution in [0.2, 0.25) is 0 Å². The van der Waals surface area contributed by atoms with Crippen molar-refractivity contribution < 1.29 is 23.9 Å². The maximum Gasteiger partial charge on any atom is 0.306 e. The van der Waals surface area contributed by atoms with Gasteiger partial charge in [0.05, 0.1) is 25.6 Å². The number of nitrogens with zero attached hydrogens (tertiary/aromatic N) is 2. The van der Waals surface area contributed by atoms with Crippen LogP contribution in [0.4, 0.5) is 0 Å². The average Bonchev–Trinajstić information content (AvgIpc) is 3.35. The van der Waals surface area contributed by atoms with E-state index in [-0.39, 0.29) is 30.6 Å². The van der Waals surface area contributed by atoms with E-state index in [1.165, 1.54) is 5.01 Å². The Morgan fingerprint density at radius 2 is 1.70 bits per heavy atom. The lowest BCUT2D eigenvalue weighted by atomic mass is 9.94. The van der Waals surface area contributed by atoms with E-state index in [9.17, 15) is 14.4 Å². The van der Waals surface area contributed by atoms with Gasteiger partial charge in [-0.3, -0.25) is 24.4 Å². The zero-order valence-electron chi connectivity index (χ0n) is 15.9. The van der Waals surface area contributed by atoms with Gasteiger partial charge in [-0.05, 0) is 43.9 Å². The third kappa shape index (κ3) is 3.91. The van der Waals surface area contributed by atoms with Gasteiger partial charge in [0.25, 0.3) is 5.91 Å². The van der Waals surface area contributed by atoms with E-state index in [0.29, 0.717) is 19.7 Å². The fraction of sp³-hybridized carbons (Fsp3) is 0.550. The summed E-state index contributed by atoms with van der Waals surface area (Å²) in [5, 5.41) is 3.08. The number of benzene rings is 1. The molecule has 0 N–H and O–H groups in total. The third-order valence-corrected chi connectivity index (χ3v) is 5.20. The molecule has 0 bridgehead atoms. The van der Waals surface area contributed by atoms with Crippen molar-refractivity contribution in [2.75, 3.05) is 26.8 Å². The quantitative estimate of drug-likeness (QED) is 0.683. The number of carbonyl (C=O) groups is 3. The molecule has 1 aromatic carbocycles. The summed E-state index contributed by atoms with van der Waals surface area (Å²) in [7, 11) is 1.61. The molecule has 0 radical (unpaired) electrons. The summed E-state index contributed by atoms with van der Waals surface area (Å²) in [5.41, 5.74) is 0.412. The first-order chi connectivity index (χ1) is 13.0. The molecule has 1 aromatic rings. The second kappa shape index (κ2) is 7.98. The van der Waals surface area contributed by atoms with Gasteiger partial charge < -0.3 is 9.47 Å². The maximum absolute atomic E-state index is 13.2. The molecule has 0 atom stereocenters. The van der Waals surface area contributed by atoms with Crippen LogP contribution in [0.3, 0.4) is 0 Å². The molecule has 2 amide bonds. The highest BCUT2D eigenvalue weighted by Gasteiger charge is 2.54. The zero-order valence-corrected chi connectivity index (χ0v) is 15.9. The summed E-state index contributed by atoms with van der Waals surface area (Å²) in [6.07, 6.45) is 2.39. The van der Waals surface area contributed by atoms with Gasteiger partial charge in [-0.2, -0.15) is 0 Å². The number of carbonyl (C=O) groups excluding carboxylic acids is 3. The van der Waals surface area contributed by atoms with E-state index in [4.69, 9.17) is 9.47 Å². The molecule has 0 unspecified atom stereocenters. The van der Waals surface area contributed by atoms with E-state index in [1.54, 1.807) is 19.0 Å². The van der Waals surface area contributed by atoms with Crippen molar-refractivity contribution in [2.45, 2.75) is 44.4 Å². The van der Waals surface area contributed by atoms with Crippen LogP contribution < -0.4 is 4.74 Å². The zero-order chi connectivity index (χ0) is 19.4. The molecule has 1 heterocycles. The summed E-state index contributed by atoms with van der Waals surface area (Å²) in [4.78, 5) is 37.3. The molecule has 2 aliphatic rings. The number of rotatable bonds is 7. The van der Waals surface area contributed by atoms with Crippen molar-refractivity contribution in [3.8, 4) is 5.75 Å². The topological polar surface area (TPSA) is 76.2 Å². The summed E-state index contributed by atoms with van der Waals surface area (Å²) < 4.78 is 10.1. The Hall–Kier alpha value is -2.57. The van der Waals surface area contributed by atoms with Gasteiger partial charge >= 0.3 is 5.97 Å². The maximum atomic E-state index is 13.2. The highest BCUT2D eigenvalue weighted by Crippen LogP contribution is 2.50. The minimum atomic E-state index is -0.545. The van der Waals surface area contributed by atoms with Crippen LogP contribution in [0, 0.1) is 0 Å². The highest BCUT2D eigenvalue weighted by molar-refractivity contribution is 5.93. The molecule has 7 nitrogen and oxygen atoms in total. The van der Waals surface area contributed by atoms with Gasteiger partial charge in [0.2, 0.25) is 5.91 Å². The lowest BCUT2D eigenvalue weighted by Crippen LogP contribution is -2.49. The molecule has 2 fully saturated rings. The first kappa shape index (κ1) is 19.2. The Balaban J connectivity index is 1.67. The normalized spacial score (nSPS) is 17.6. The van der Waals surface area contributed by atoms with Crippen LogP contribution in [-0.4, -0.2) is 54.6 Å². The number of methoxy groups -OCH3 is 1. The second-order valence-electron chi connectivity index (χ2n) is 6.91. The van der Waals surface area contributed by atoms with E-state index >= 15 is 0 Å². The van der Waals surface area contributed by atoms with Gasteiger partial charge in [0.1, 0.15) is 5.75 Å². The molecule has 7 heteroatoms. The van der Waals surface area contributed by atoms with Gasteiger partial charge in [-0.15, -0.1) is 0 Å². The monoisotopic (exact) mass is 374 g/mol. The number of amides is 2. The predicted octanol–water partition coefficient (Wildman–Crippen LogP) is 2.05. The highest BCUT2D eigenvalue weighted by atomic mass is 16.5. The van der Waals surface area contributed by atoms with E-state index < -0.39 is 5.41 Å². The SMILES string of the molecule is CCOC(=O)CCC(=O)N1CCCN1C(=O)C1(c2ccc(OC)cc2)CC1. The van der Waals surface area contributed by atoms with Crippen molar-refractivity contribution in [1.29, 1.82) is 0 Å². The molecule has 1 saturated carbocycles. The Bertz CT molecular complexity index is 712. The van der Waals surface area contributed by atoms with Crippen molar-refractivity contribution >= 4 is 17.8 Å². The molecule has 3 rings (SSSR count). The Morgan fingerprint density at radius 3 is 2.30 bits per heavy atom. The third-order valence-electron chi connectivity index (χ3n) is 5.20. The molecule has 1 aliphatic carbocycles. The van der Waals surface area contributed by atoms with E-state index in [1.807, 2.05) is 24.3 Å². The molecular formula is C20H26N2O5. The van der Waals surface area contributed by atoms with Crippen LogP contribution in [0.15, 0.2) is 24.3 Å². The Kier molecular flexibility index (Phi) is 5.68. The average molecular weight is 374 g/mol. The molecule has 1 saturated heterocycles. The van der Waals surface area contributed by atoms with Crippen molar-refractivity contribution in [1.82, 2.24) is 10.0 Å². The molecular weight excluding hydrogens is 348 g/mol. The summed E-state index contributed by atoms with van der Waals surface area (Å²) in [5.74, 6) is 0.118.